The molecule has 3 heterocycles. The molecule has 2 aliphatic heterocycles. The Morgan fingerprint density at radius 2 is 1.82 bits per heavy atom. The zero-order valence-electron chi connectivity index (χ0n) is 15.5. The molecular weight excluding hydrogens is 374 g/mol. The third-order valence-electron chi connectivity index (χ3n) is 6.02. The van der Waals surface area contributed by atoms with Gasteiger partial charge in [-0.1, -0.05) is 41.9 Å². The van der Waals surface area contributed by atoms with Crippen molar-refractivity contribution in [2.45, 2.75) is 24.9 Å². The van der Waals surface area contributed by atoms with Crippen LogP contribution in [0.25, 0.3) is 10.9 Å². The first-order valence-corrected chi connectivity index (χ1v) is 9.83. The van der Waals surface area contributed by atoms with Crippen molar-refractivity contribution in [2.24, 2.45) is 0 Å². The second-order valence-corrected chi connectivity index (χ2v) is 7.95. The number of H-pyrrole nitrogens is 1. The van der Waals surface area contributed by atoms with Crippen molar-refractivity contribution in [1.82, 2.24) is 14.8 Å². The van der Waals surface area contributed by atoms with E-state index in [-0.39, 0.29) is 24.3 Å². The van der Waals surface area contributed by atoms with Gasteiger partial charge in [-0.05, 0) is 35.7 Å². The average Bonchev–Trinajstić information content (AvgIpc) is 3.20. The van der Waals surface area contributed by atoms with Crippen molar-refractivity contribution in [3.63, 3.8) is 0 Å². The molecule has 2 aliphatic rings. The molecule has 0 aliphatic carbocycles. The summed E-state index contributed by atoms with van der Waals surface area (Å²) in [6, 6.07) is 15.5. The van der Waals surface area contributed by atoms with Gasteiger partial charge in [0, 0.05) is 35.2 Å². The van der Waals surface area contributed by atoms with E-state index < -0.39 is 6.04 Å². The molecule has 6 heteroatoms. The highest BCUT2D eigenvalue weighted by molar-refractivity contribution is 6.30. The number of likely N-dealkylation sites (N-methyl/N-ethyl adjacent to an activating group) is 1. The number of hydrogen-bond acceptors (Lipinski definition) is 3. The topological polar surface area (TPSA) is 56.4 Å². The van der Waals surface area contributed by atoms with Gasteiger partial charge < -0.3 is 4.98 Å². The Kier molecular flexibility index (Phi) is 4.03. The molecule has 5 nitrogen and oxygen atoms in total. The summed E-state index contributed by atoms with van der Waals surface area (Å²) in [5.74, 6) is -0.240. The Balaban J connectivity index is 1.66. The lowest BCUT2D eigenvalue weighted by molar-refractivity contribution is -0.138. The van der Waals surface area contributed by atoms with Crippen LogP contribution in [0.1, 0.15) is 29.3 Å². The van der Waals surface area contributed by atoms with Crippen LogP contribution in [0.5, 0.6) is 0 Å². The molecule has 1 saturated heterocycles. The molecule has 142 valence electrons. The monoisotopic (exact) mass is 393 g/mol. The van der Waals surface area contributed by atoms with Crippen LogP contribution in [0.2, 0.25) is 5.02 Å². The number of hydrogen-bond donors (Lipinski definition) is 1. The standard InChI is InChI=1S/C22H20ClN3O2/c1-25-19(27)12-18(22(25)28)26-11-10-16-15-4-2-3-5-17(15)24-20(16)21(26)13-6-8-14(23)9-7-13/h2-9,18,21,24H,10-12H2,1H3/t18-,21-/m1/s1. The van der Waals surface area contributed by atoms with E-state index in [1.807, 2.05) is 36.4 Å². The first-order chi connectivity index (χ1) is 13.5. The van der Waals surface area contributed by atoms with Gasteiger partial charge in [0.1, 0.15) is 0 Å². The number of benzene rings is 2. The van der Waals surface area contributed by atoms with Crippen LogP contribution >= 0.6 is 11.6 Å². The van der Waals surface area contributed by atoms with Crippen molar-refractivity contribution in [3.05, 3.63) is 70.4 Å². The molecule has 5 rings (SSSR count). The summed E-state index contributed by atoms with van der Waals surface area (Å²) >= 11 is 6.11. The number of nitrogens with one attached hydrogen (secondary N) is 1. The summed E-state index contributed by atoms with van der Waals surface area (Å²) in [6.45, 7) is 0.722. The Morgan fingerprint density at radius 1 is 1.07 bits per heavy atom. The highest BCUT2D eigenvalue weighted by Gasteiger charge is 2.45. The number of halogens is 1. The van der Waals surface area contributed by atoms with Gasteiger partial charge in [-0.15, -0.1) is 0 Å². The minimum atomic E-state index is -0.433. The van der Waals surface area contributed by atoms with Crippen molar-refractivity contribution >= 4 is 34.3 Å². The van der Waals surface area contributed by atoms with Gasteiger partial charge in [-0.3, -0.25) is 19.4 Å². The van der Waals surface area contributed by atoms with Crippen LogP contribution in [0.4, 0.5) is 0 Å². The summed E-state index contributed by atoms with van der Waals surface area (Å²) in [5, 5.41) is 1.90. The first kappa shape index (κ1) is 17.5. The van der Waals surface area contributed by atoms with E-state index in [1.54, 1.807) is 7.05 Å². The summed E-state index contributed by atoms with van der Waals surface area (Å²) in [4.78, 5) is 31.9. The highest BCUT2D eigenvalue weighted by Crippen LogP contribution is 2.41. The maximum absolute atomic E-state index is 12.8. The SMILES string of the molecule is CN1C(=O)C[C@@H](N2CCc3c([nH]c4ccccc34)[C@H]2c2ccc(Cl)cc2)C1=O. The van der Waals surface area contributed by atoms with E-state index in [9.17, 15) is 9.59 Å². The predicted octanol–water partition coefficient (Wildman–Crippen LogP) is 3.53. The van der Waals surface area contributed by atoms with E-state index in [2.05, 4.69) is 22.0 Å². The largest absolute Gasteiger partial charge is 0.357 e. The Hall–Kier alpha value is -2.63. The van der Waals surface area contributed by atoms with Gasteiger partial charge in [0.05, 0.1) is 18.5 Å². The lowest BCUT2D eigenvalue weighted by Gasteiger charge is -2.39. The zero-order valence-corrected chi connectivity index (χ0v) is 16.2. The Bertz CT molecular complexity index is 1090. The summed E-state index contributed by atoms with van der Waals surface area (Å²) in [7, 11) is 1.57. The number of aromatic amines is 1. The number of carbonyl (C=O) groups excluding carboxylic acids is 2. The Labute approximate surface area is 167 Å². The van der Waals surface area contributed by atoms with Crippen LogP contribution in [0.3, 0.4) is 0 Å². The number of imide groups is 1. The molecule has 0 bridgehead atoms. The molecule has 2 amide bonds. The molecule has 0 spiro atoms. The summed E-state index contributed by atoms with van der Waals surface area (Å²) in [5.41, 5.74) is 4.55. The van der Waals surface area contributed by atoms with E-state index >= 15 is 0 Å². The Morgan fingerprint density at radius 3 is 2.54 bits per heavy atom. The number of para-hydroxylation sites is 1. The van der Waals surface area contributed by atoms with E-state index in [4.69, 9.17) is 11.6 Å². The zero-order chi connectivity index (χ0) is 19.4. The maximum Gasteiger partial charge on any atom is 0.246 e. The molecule has 1 aromatic heterocycles. The number of nitrogens with zero attached hydrogens (tertiary/aromatic N) is 2. The number of amides is 2. The summed E-state index contributed by atoms with van der Waals surface area (Å²) in [6.07, 6.45) is 1.07. The molecular formula is C22H20ClN3O2. The number of rotatable bonds is 2. The quantitative estimate of drug-likeness (QED) is 0.678. The third-order valence-corrected chi connectivity index (χ3v) is 6.27. The lowest BCUT2D eigenvalue weighted by atomic mass is 9.90. The molecule has 28 heavy (non-hydrogen) atoms. The fourth-order valence-electron chi connectivity index (χ4n) is 4.59. The minimum Gasteiger partial charge on any atom is -0.357 e. The van der Waals surface area contributed by atoms with Gasteiger partial charge >= 0.3 is 0 Å². The molecule has 2 atom stereocenters. The van der Waals surface area contributed by atoms with Crippen LogP contribution in [-0.4, -0.2) is 46.2 Å². The van der Waals surface area contributed by atoms with Crippen molar-refractivity contribution in [3.8, 4) is 0 Å². The number of likely N-dealkylation sites (tertiary alicyclic amines) is 1. The molecule has 0 unspecified atom stereocenters. The van der Waals surface area contributed by atoms with Crippen LogP contribution in [0.15, 0.2) is 48.5 Å². The first-order valence-electron chi connectivity index (χ1n) is 9.45. The average molecular weight is 394 g/mol. The lowest BCUT2D eigenvalue weighted by Crippen LogP contribution is -2.46. The molecule has 0 saturated carbocycles. The van der Waals surface area contributed by atoms with Crippen molar-refractivity contribution in [1.29, 1.82) is 0 Å². The minimum absolute atomic E-state index is 0.118. The second-order valence-electron chi connectivity index (χ2n) is 7.52. The van der Waals surface area contributed by atoms with Gasteiger partial charge in [-0.2, -0.15) is 0 Å². The normalized spacial score (nSPS) is 22.9. The van der Waals surface area contributed by atoms with Gasteiger partial charge in [-0.25, -0.2) is 0 Å². The maximum atomic E-state index is 12.8. The van der Waals surface area contributed by atoms with E-state index in [0.29, 0.717) is 5.02 Å². The summed E-state index contributed by atoms with van der Waals surface area (Å²) < 4.78 is 0. The van der Waals surface area contributed by atoms with E-state index in [1.165, 1.54) is 15.8 Å². The molecule has 1 N–H and O–H groups in total. The van der Waals surface area contributed by atoms with Gasteiger partial charge in [0.25, 0.3) is 0 Å². The molecule has 0 radical (unpaired) electrons. The predicted molar refractivity (Wildman–Crippen MR) is 108 cm³/mol. The molecule has 3 aromatic rings. The van der Waals surface area contributed by atoms with Crippen molar-refractivity contribution < 1.29 is 9.59 Å². The fourth-order valence-corrected chi connectivity index (χ4v) is 4.72. The number of fused-ring (bicyclic) bond motifs is 3. The molecule has 1 fully saturated rings. The fraction of sp³-hybridized carbons (Fsp3) is 0.273. The smallest absolute Gasteiger partial charge is 0.246 e. The van der Waals surface area contributed by atoms with Gasteiger partial charge in [0.15, 0.2) is 0 Å². The second kappa shape index (κ2) is 6.47. The van der Waals surface area contributed by atoms with Crippen LogP contribution < -0.4 is 0 Å². The van der Waals surface area contributed by atoms with Gasteiger partial charge in [0.2, 0.25) is 11.8 Å². The van der Waals surface area contributed by atoms with Crippen molar-refractivity contribution in [2.75, 3.05) is 13.6 Å². The third kappa shape index (κ3) is 2.58. The van der Waals surface area contributed by atoms with Crippen LogP contribution in [-0.2, 0) is 16.0 Å². The van der Waals surface area contributed by atoms with E-state index in [0.717, 1.165) is 29.7 Å². The molecule has 2 aromatic carbocycles. The number of aromatic nitrogens is 1. The van der Waals surface area contributed by atoms with Crippen LogP contribution in [0, 0.1) is 0 Å². The number of carbonyl (C=O) groups is 2. The highest BCUT2D eigenvalue weighted by atomic mass is 35.5.